The lowest BCUT2D eigenvalue weighted by Crippen LogP contribution is -2.34. The highest BCUT2D eigenvalue weighted by atomic mass is 35.5. The van der Waals surface area contributed by atoms with Crippen LogP contribution in [0.25, 0.3) is 11.0 Å². The summed E-state index contributed by atoms with van der Waals surface area (Å²) in [4.78, 5) is 24.1. The first-order valence-corrected chi connectivity index (χ1v) is 12.2. The van der Waals surface area contributed by atoms with Crippen molar-refractivity contribution in [3.05, 3.63) is 71.5 Å². The third-order valence-electron chi connectivity index (χ3n) is 6.51. The van der Waals surface area contributed by atoms with Crippen molar-refractivity contribution in [2.75, 3.05) is 25.5 Å². The highest BCUT2D eigenvalue weighted by Crippen LogP contribution is 2.29. The fraction of sp³-hybridized carbons (Fsp3) is 0.296. The van der Waals surface area contributed by atoms with Crippen LogP contribution >= 0.6 is 11.6 Å². The molecule has 0 saturated carbocycles. The number of fused-ring (bicyclic) bond motifs is 1. The van der Waals surface area contributed by atoms with Gasteiger partial charge in [-0.25, -0.2) is 4.98 Å². The van der Waals surface area contributed by atoms with Gasteiger partial charge >= 0.3 is 0 Å². The molecule has 180 valence electrons. The molecule has 0 spiro atoms. The van der Waals surface area contributed by atoms with E-state index in [2.05, 4.69) is 22.2 Å². The Bertz CT molecular complexity index is 1340. The summed E-state index contributed by atoms with van der Waals surface area (Å²) in [5.74, 6) is 2.43. The molecule has 2 aromatic heterocycles. The minimum absolute atomic E-state index is 0.125. The lowest BCUT2D eigenvalue weighted by molar-refractivity contribution is -0.123. The summed E-state index contributed by atoms with van der Waals surface area (Å²) in [5.41, 5.74) is 3.43. The minimum atomic E-state index is 0.125. The van der Waals surface area contributed by atoms with E-state index in [0.717, 1.165) is 54.3 Å². The number of nitrogens with zero attached hydrogens (tertiary/aromatic N) is 4. The first-order chi connectivity index (χ1) is 16.9. The van der Waals surface area contributed by atoms with Gasteiger partial charge in [0.1, 0.15) is 17.3 Å². The Morgan fingerprint density at radius 2 is 1.80 bits per heavy atom. The number of benzene rings is 2. The molecule has 1 aliphatic heterocycles. The van der Waals surface area contributed by atoms with Crippen molar-refractivity contribution < 1.29 is 9.53 Å². The highest BCUT2D eigenvalue weighted by molar-refractivity contribution is 6.30. The van der Waals surface area contributed by atoms with Gasteiger partial charge in [-0.15, -0.1) is 0 Å². The SMILES string of the molecule is CN1CCC(C(=O)Cc2cc(Oc3ccc4c(c3)nc(Nc3ccc(Cl)cc3)n4C)ccn2)CC1. The quantitative estimate of drug-likeness (QED) is 0.363. The van der Waals surface area contributed by atoms with Gasteiger partial charge in [-0.1, -0.05) is 11.6 Å². The molecule has 1 fully saturated rings. The third kappa shape index (κ3) is 5.47. The van der Waals surface area contributed by atoms with E-state index in [4.69, 9.17) is 21.3 Å². The van der Waals surface area contributed by atoms with Crippen molar-refractivity contribution in [1.29, 1.82) is 0 Å². The number of imidazole rings is 1. The van der Waals surface area contributed by atoms with Crippen molar-refractivity contribution in [2.24, 2.45) is 13.0 Å². The van der Waals surface area contributed by atoms with Gasteiger partial charge in [0.15, 0.2) is 0 Å². The molecule has 8 heteroatoms. The van der Waals surface area contributed by atoms with Gasteiger partial charge in [0, 0.05) is 48.4 Å². The molecule has 0 radical (unpaired) electrons. The predicted molar refractivity (Wildman–Crippen MR) is 139 cm³/mol. The Hall–Kier alpha value is -3.42. The maximum atomic E-state index is 12.7. The van der Waals surface area contributed by atoms with Crippen LogP contribution in [0.4, 0.5) is 11.6 Å². The molecule has 1 aliphatic rings. The van der Waals surface area contributed by atoms with Gasteiger partial charge in [-0.3, -0.25) is 9.78 Å². The molecule has 1 saturated heterocycles. The number of aromatic nitrogens is 3. The molecule has 5 rings (SSSR count). The smallest absolute Gasteiger partial charge is 0.208 e. The molecule has 3 heterocycles. The van der Waals surface area contributed by atoms with Crippen LogP contribution in [0.5, 0.6) is 11.5 Å². The van der Waals surface area contributed by atoms with E-state index in [1.807, 2.05) is 60.1 Å². The first-order valence-electron chi connectivity index (χ1n) is 11.8. The normalized spacial score (nSPS) is 14.8. The number of anilines is 2. The maximum Gasteiger partial charge on any atom is 0.208 e. The molecule has 0 unspecified atom stereocenters. The number of rotatable bonds is 7. The molecule has 1 N–H and O–H groups in total. The van der Waals surface area contributed by atoms with E-state index >= 15 is 0 Å². The summed E-state index contributed by atoms with van der Waals surface area (Å²) in [6.07, 6.45) is 3.87. The van der Waals surface area contributed by atoms with Crippen LogP contribution in [0.15, 0.2) is 60.8 Å². The van der Waals surface area contributed by atoms with E-state index in [0.29, 0.717) is 22.9 Å². The molecule has 0 bridgehead atoms. The zero-order chi connectivity index (χ0) is 24.4. The van der Waals surface area contributed by atoms with Crippen LogP contribution in [0.1, 0.15) is 18.5 Å². The van der Waals surface area contributed by atoms with Crippen molar-refractivity contribution in [1.82, 2.24) is 19.4 Å². The number of nitrogens with one attached hydrogen (secondary N) is 1. The number of aryl methyl sites for hydroxylation is 1. The average Bonchev–Trinajstić information content (AvgIpc) is 3.15. The van der Waals surface area contributed by atoms with E-state index in [-0.39, 0.29) is 11.7 Å². The molecule has 4 aromatic rings. The van der Waals surface area contributed by atoms with E-state index in [1.54, 1.807) is 12.3 Å². The number of hydrogen-bond donors (Lipinski definition) is 1. The van der Waals surface area contributed by atoms with Gasteiger partial charge < -0.3 is 19.5 Å². The van der Waals surface area contributed by atoms with Crippen molar-refractivity contribution in [2.45, 2.75) is 19.3 Å². The van der Waals surface area contributed by atoms with Gasteiger partial charge in [0.2, 0.25) is 5.95 Å². The second-order valence-corrected chi connectivity index (χ2v) is 9.52. The van der Waals surface area contributed by atoms with E-state index in [9.17, 15) is 4.79 Å². The Balaban J connectivity index is 1.28. The number of carbonyl (C=O) groups excluding carboxylic acids is 1. The van der Waals surface area contributed by atoms with Gasteiger partial charge in [-0.2, -0.15) is 0 Å². The largest absolute Gasteiger partial charge is 0.457 e. The summed E-state index contributed by atoms with van der Waals surface area (Å²) < 4.78 is 8.10. The Kier molecular flexibility index (Phi) is 6.70. The molecule has 0 amide bonds. The average molecular weight is 490 g/mol. The fourth-order valence-corrected chi connectivity index (χ4v) is 4.55. The molecule has 0 aliphatic carbocycles. The Morgan fingerprint density at radius 1 is 1.06 bits per heavy atom. The molecule has 7 nitrogen and oxygen atoms in total. The van der Waals surface area contributed by atoms with Crippen LogP contribution < -0.4 is 10.1 Å². The summed E-state index contributed by atoms with van der Waals surface area (Å²) in [6.45, 7) is 1.94. The Labute approximate surface area is 209 Å². The topological polar surface area (TPSA) is 72.3 Å². The maximum absolute atomic E-state index is 12.7. The fourth-order valence-electron chi connectivity index (χ4n) is 4.42. The monoisotopic (exact) mass is 489 g/mol. The van der Waals surface area contributed by atoms with Crippen LogP contribution in [0, 0.1) is 5.92 Å². The van der Waals surface area contributed by atoms with Gasteiger partial charge in [0.05, 0.1) is 16.7 Å². The van der Waals surface area contributed by atoms with Crippen molar-refractivity contribution in [3.8, 4) is 11.5 Å². The lowest BCUT2D eigenvalue weighted by atomic mass is 9.90. The molecular weight excluding hydrogens is 462 g/mol. The summed E-state index contributed by atoms with van der Waals surface area (Å²) >= 11 is 5.98. The predicted octanol–water partition coefficient (Wildman–Crippen LogP) is 5.61. The second kappa shape index (κ2) is 10.1. The Morgan fingerprint density at radius 3 is 2.57 bits per heavy atom. The lowest BCUT2D eigenvalue weighted by Gasteiger charge is -2.27. The summed E-state index contributed by atoms with van der Waals surface area (Å²) in [7, 11) is 4.06. The van der Waals surface area contributed by atoms with Crippen molar-refractivity contribution in [3.63, 3.8) is 0 Å². The van der Waals surface area contributed by atoms with Gasteiger partial charge in [-0.05, 0) is 75.4 Å². The van der Waals surface area contributed by atoms with Crippen LogP contribution in [-0.4, -0.2) is 45.4 Å². The van der Waals surface area contributed by atoms with Gasteiger partial charge in [0.25, 0.3) is 0 Å². The first kappa shape index (κ1) is 23.3. The molecule has 2 aromatic carbocycles. The number of carbonyl (C=O) groups is 1. The number of ketones is 1. The molecular formula is C27H28ClN5O2. The van der Waals surface area contributed by atoms with E-state index < -0.39 is 0 Å². The number of ether oxygens (including phenoxy) is 1. The van der Waals surface area contributed by atoms with Crippen molar-refractivity contribution >= 4 is 40.1 Å². The highest BCUT2D eigenvalue weighted by Gasteiger charge is 2.23. The number of piperidine rings is 1. The zero-order valence-electron chi connectivity index (χ0n) is 19.9. The number of likely N-dealkylation sites (tertiary alicyclic amines) is 1. The second-order valence-electron chi connectivity index (χ2n) is 9.08. The number of pyridine rings is 1. The number of Topliss-reactive ketones (excluding diaryl/α,β-unsaturated/α-hetero) is 1. The van der Waals surface area contributed by atoms with E-state index in [1.165, 1.54) is 0 Å². The number of hydrogen-bond acceptors (Lipinski definition) is 6. The molecule has 0 atom stereocenters. The number of halogens is 1. The molecule has 35 heavy (non-hydrogen) atoms. The standard InChI is InChI=1S/C27H28ClN5O2/c1-32-13-10-18(11-14-32)26(34)16-21-15-23(9-12-29-21)35-22-7-8-25-24(17-22)31-27(33(25)2)30-20-5-3-19(28)4-6-20/h3-9,12,15,17-18H,10-11,13-14,16H2,1-2H3,(H,30,31). The summed E-state index contributed by atoms with van der Waals surface area (Å²) in [5, 5.41) is 4.01. The third-order valence-corrected chi connectivity index (χ3v) is 6.76. The van der Waals surface area contributed by atoms with Crippen LogP contribution in [0.2, 0.25) is 5.02 Å². The van der Waals surface area contributed by atoms with Crippen LogP contribution in [0.3, 0.4) is 0 Å². The zero-order valence-corrected chi connectivity index (χ0v) is 20.6. The van der Waals surface area contributed by atoms with Crippen LogP contribution in [-0.2, 0) is 18.3 Å². The minimum Gasteiger partial charge on any atom is -0.457 e. The summed E-state index contributed by atoms with van der Waals surface area (Å²) in [6, 6.07) is 17.0.